The van der Waals surface area contributed by atoms with Gasteiger partial charge in [-0.1, -0.05) is 57.2 Å². The Kier molecular flexibility index (Phi) is 8.14. The minimum absolute atomic E-state index is 0.134. The van der Waals surface area contributed by atoms with Gasteiger partial charge in [-0.25, -0.2) is 4.98 Å². The van der Waals surface area contributed by atoms with Crippen molar-refractivity contribution in [2.24, 2.45) is 5.41 Å². The second-order valence-electron chi connectivity index (χ2n) is 10.7. The molecular formula is C30H38N2O4. The van der Waals surface area contributed by atoms with Crippen LogP contribution in [-0.2, 0) is 41.9 Å². The number of benzene rings is 2. The summed E-state index contributed by atoms with van der Waals surface area (Å²) in [6.07, 6.45) is 2.14. The van der Waals surface area contributed by atoms with Crippen molar-refractivity contribution in [1.82, 2.24) is 9.88 Å². The molecule has 0 aliphatic carbocycles. The molecule has 2 aromatic carbocycles. The summed E-state index contributed by atoms with van der Waals surface area (Å²) in [6.45, 7) is 12.6. The number of nitrogens with zero attached hydrogens (tertiary/aromatic N) is 2. The molecule has 1 atom stereocenters. The molecule has 36 heavy (non-hydrogen) atoms. The highest BCUT2D eigenvalue weighted by Gasteiger charge is 2.32. The van der Waals surface area contributed by atoms with E-state index in [1.165, 1.54) is 16.7 Å². The molecule has 0 spiro atoms. The Labute approximate surface area is 214 Å². The van der Waals surface area contributed by atoms with Gasteiger partial charge in [-0.05, 0) is 54.5 Å². The summed E-state index contributed by atoms with van der Waals surface area (Å²) >= 11 is 0. The summed E-state index contributed by atoms with van der Waals surface area (Å²) in [7, 11) is 0. The molecule has 6 heteroatoms. The van der Waals surface area contributed by atoms with Gasteiger partial charge in [0.15, 0.2) is 5.89 Å². The first-order valence-electron chi connectivity index (χ1n) is 12.9. The largest absolute Gasteiger partial charge is 0.493 e. The van der Waals surface area contributed by atoms with Gasteiger partial charge in [0.25, 0.3) is 0 Å². The van der Waals surface area contributed by atoms with Crippen molar-refractivity contribution >= 4 is 5.97 Å². The number of fused-ring (bicyclic) bond motifs is 1. The molecule has 192 valence electrons. The van der Waals surface area contributed by atoms with Gasteiger partial charge in [0.1, 0.15) is 17.6 Å². The number of esters is 1. The predicted octanol–water partition coefficient (Wildman–Crippen LogP) is 5.68. The van der Waals surface area contributed by atoms with Crippen LogP contribution in [0.1, 0.15) is 61.7 Å². The van der Waals surface area contributed by atoms with E-state index in [2.05, 4.69) is 54.9 Å². The molecule has 6 nitrogen and oxygen atoms in total. The maximum atomic E-state index is 12.8. The van der Waals surface area contributed by atoms with Crippen LogP contribution in [0, 0.1) is 12.3 Å². The van der Waals surface area contributed by atoms with Crippen molar-refractivity contribution in [2.75, 3.05) is 13.2 Å². The Morgan fingerprint density at radius 1 is 1.14 bits per heavy atom. The minimum atomic E-state index is -0.290. The number of hydrogen-bond donors (Lipinski definition) is 0. The molecule has 1 aromatic heterocycles. The molecule has 0 bridgehead atoms. The summed E-state index contributed by atoms with van der Waals surface area (Å²) in [5, 5.41) is 0. The Balaban J connectivity index is 1.43. The third kappa shape index (κ3) is 6.76. The first kappa shape index (κ1) is 26.0. The van der Waals surface area contributed by atoms with E-state index in [9.17, 15) is 4.79 Å². The zero-order chi connectivity index (χ0) is 25.7. The van der Waals surface area contributed by atoms with Crippen molar-refractivity contribution in [2.45, 2.75) is 73.0 Å². The molecule has 0 radical (unpaired) electrons. The van der Waals surface area contributed by atoms with Crippen LogP contribution in [0.3, 0.4) is 0 Å². The molecule has 1 aliphatic rings. The lowest BCUT2D eigenvalue weighted by atomic mass is 9.92. The van der Waals surface area contributed by atoms with Crippen LogP contribution in [0.2, 0.25) is 0 Å². The van der Waals surface area contributed by atoms with E-state index in [0.29, 0.717) is 39.1 Å². The number of rotatable bonds is 9. The summed E-state index contributed by atoms with van der Waals surface area (Å²) < 4.78 is 17.4. The Bertz CT molecular complexity index is 1160. The van der Waals surface area contributed by atoms with E-state index < -0.39 is 0 Å². The predicted molar refractivity (Wildman–Crippen MR) is 140 cm³/mol. The number of carbonyl (C=O) groups excluding carboxylic acids is 1. The van der Waals surface area contributed by atoms with E-state index in [1.54, 1.807) is 0 Å². The molecule has 3 aromatic rings. The Morgan fingerprint density at radius 2 is 1.92 bits per heavy atom. The van der Waals surface area contributed by atoms with Crippen LogP contribution < -0.4 is 4.74 Å². The van der Waals surface area contributed by atoms with Gasteiger partial charge in [-0.3, -0.25) is 9.69 Å². The number of aromatic nitrogens is 1. The van der Waals surface area contributed by atoms with Gasteiger partial charge < -0.3 is 13.9 Å². The fourth-order valence-corrected chi connectivity index (χ4v) is 4.67. The molecular weight excluding hydrogens is 452 g/mol. The SMILES string of the molecule is CCOC(=O)[C@@H]1Cc2ccc(OCCc3nc(CC(C)(C)C)oc3C)cc2CN1Cc1ccccc1. The lowest BCUT2D eigenvalue weighted by Gasteiger charge is -2.35. The quantitative estimate of drug-likeness (QED) is 0.360. The molecule has 4 rings (SSSR count). The third-order valence-electron chi connectivity index (χ3n) is 6.42. The zero-order valence-corrected chi connectivity index (χ0v) is 22.2. The average molecular weight is 491 g/mol. The summed E-state index contributed by atoms with van der Waals surface area (Å²) in [5.74, 6) is 2.33. The van der Waals surface area contributed by atoms with Gasteiger partial charge in [0, 0.05) is 25.9 Å². The highest BCUT2D eigenvalue weighted by molar-refractivity contribution is 5.76. The van der Waals surface area contributed by atoms with Crippen molar-refractivity contribution < 1.29 is 18.7 Å². The number of aryl methyl sites for hydroxylation is 1. The molecule has 0 fully saturated rings. The Morgan fingerprint density at radius 3 is 2.64 bits per heavy atom. The van der Waals surface area contributed by atoms with E-state index in [4.69, 9.17) is 13.9 Å². The maximum Gasteiger partial charge on any atom is 0.323 e. The highest BCUT2D eigenvalue weighted by Crippen LogP contribution is 2.29. The van der Waals surface area contributed by atoms with Crippen LogP contribution in [0.4, 0.5) is 0 Å². The smallest absolute Gasteiger partial charge is 0.323 e. The molecule has 2 heterocycles. The molecule has 0 saturated heterocycles. The topological polar surface area (TPSA) is 64.8 Å². The summed E-state index contributed by atoms with van der Waals surface area (Å²) in [6, 6.07) is 16.1. The van der Waals surface area contributed by atoms with Crippen molar-refractivity contribution in [3.63, 3.8) is 0 Å². The fourth-order valence-electron chi connectivity index (χ4n) is 4.67. The van der Waals surface area contributed by atoms with E-state index >= 15 is 0 Å². The fraction of sp³-hybridized carbons (Fsp3) is 0.467. The van der Waals surface area contributed by atoms with Crippen molar-refractivity contribution in [3.8, 4) is 5.75 Å². The average Bonchev–Trinajstić information content (AvgIpc) is 3.16. The lowest BCUT2D eigenvalue weighted by Crippen LogP contribution is -2.45. The number of oxazole rings is 1. The monoisotopic (exact) mass is 490 g/mol. The zero-order valence-electron chi connectivity index (χ0n) is 22.2. The number of hydrogen-bond acceptors (Lipinski definition) is 6. The van der Waals surface area contributed by atoms with Crippen LogP contribution >= 0.6 is 0 Å². The molecule has 0 amide bonds. The van der Waals surface area contributed by atoms with Crippen LogP contribution in [0.15, 0.2) is 52.9 Å². The van der Waals surface area contributed by atoms with Gasteiger partial charge in [0.2, 0.25) is 0 Å². The van der Waals surface area contributed by atoms with Crippen LogP contribution in [-0.4, -0.2) is 35.1 Å². The second-order valence-corrected chi connectivity index (χ2v) is 10.7. The third-order valence-corrected chi connectivity index (χ3v) is 6.42. The molecule has 0 saturated carbocycles. The van der Waals surface area contributed by atoms with Crippen molar-refractivity contribution in [3.05, 3.63) is 82.6 Å². The molecule has 1 aliphatic heterocycles. The summed E-state index contributed by atoms with van der Waals surface area (Å²) in [5.41, 5.74) is 4.63. The van der Waals surface area contributed by atoms with Crippen LogP contribution in [0.5, 0.6) is 5.75 Å². The Hall–Kier alpha value is -3.12. The van der Waals surface area contributed by atoms with E-state index in [-0.39, 0.29) is 17.4 Å². The first-order chi connectivity index (χ1) is 17.2. The van der Waals surface area contributed by atoms with Crippen LogP contribution in [0.25, 0.3) is 0 Å². The second kappa shape index (κ2) is 11.3. The van der Waals surface area contributed by atoms with E-state index in [0.717, 1.165) is 29.5 Å². The minimum Gasteiger partial charge on any atom is -0.493 e. The van der Waals surface area contributed by atoms with Gasteiger partial charge in [-0.2, -0.15) is 0 Å². The lowest BCUT2D eigenvalue weighted by molar-refractivity contribution is -0.150. The number of carbonyl (C=O) groups is 1. The molecule has 0 unspecified atom stereocenters. The molecule has 0 N–H and O–H groups in total. The van der Waals surface area contributed by atoms with E-state index in [1.807, 2.05) is 38.1 Å². The maximum absolute atomic E-state index is 12.8. The van der Waals surface area contributed by atoms with Crippen molar-refractivity contribution in [1.29, 1.82) is 0 Å². The summed E-state index contributed by atoms with van der Waals surface area (Å²) in [4.78, 5) is 19.6. The normalized spacial score (nSPS) is 16.0. The first-order valence-corrected chi connectivity index (χ1v) is 12.9. The van der Waals surface area contributed by atoms with Gasteiger partial charge >= 0.3 is 5.97 Å². The highest BCUT2D eigenvalue weighted by atomic mass is 16.5. The van der Waals surface area contributed by atoms with Gasteiger partial charge in [-0.15, -0.1) is 0 Å². The number of ether oxygens (including phenoxy) is 2. The standard InChI is InChI=1S/C30H38N2O4/c1-6-34-29(33)27-17-23-12-13-25(16-24(23)20-32(27)19-22-10-8-7-9-11-22)35-15-14-26-21(2)36-28(31-26)18-30(3,4)5/h7-13,16,27H,6,14-15,17-20H2,1-5H3/t27-/m0/s1. The van der Waals surface area contributed by atoms with Gasteiger partial charge in [0.05, 0.1) is 18.9 Å².